The Hall–Kier alpha value is -1.88. The summed E-state index contributed by atoms with van der Waals surface area (Å²) in [5, 5.41) is 7.63. The van der Waals surface area contributed by atoms with E-state index in [0.29, 0.717) is 24.1 Å². The number of benzene rings is 1. The van der Waals surface area contributed by atoms with Gasteiger partial charge in [-0.25, -0.2) is 4.39 Å². The van der Waals surface area contributed by atoms with E-state index in [2.05, 4.69) is 24.3 Å². The molecule has 1 fully saturated rings. The monoisotopic (exact) mass is 289 g/mol. The van der Waals surface area contributed by atoms with Crippen LogP contribution in [0.25, 0.3) is 0 Å². The lowest BCUT2D eigenvalue weighted by molar-refractivity contribution is 0.465. The van der Waals surface area contributed by atoms with Crippen LogP contribution in [0.5, 0.6) is 11.5 Å². The van der Waals surface area contributed by atoms with E-state index in [-0.39, 0.29) is 11.9 Å². The number of hydrogen-bond donors (Lipinski definition) is 1. The summed E-state index contributed by atoms with van der Waals surface area (Å²) in [6, 6.07) is 5.48. The highest BCUT2D eigenvalue weighted by molar-refractivity contribution is 5.37. The summed E-state index contributed by atoms with van der Waals surface area (Å²) in [6.45, 7) is 4.73. The molecule has 1 aromatic carbocycles. The van der Waals surface area contributed by atoms with Gasteiger partial charge in [-0.05, 0) is 44.9 Å². The van der Waals surface area contributed by atoms with Gasteiger partial charge in [0, 0.05) is 24.2 Å². The molecule has 1 heterocycles. The lowest BCUT2D eigenvalue weighted by Gasteiger charge is -2.11. The molecule has 0 unspecified atom stereocenters. The van der Waals surface area contributed by atoms with E-state index in [0.717, 1.165) is 5.56 Å². The van der Waals surface area contributed by atoms with E-state index < -0.39 is 0 Å². The van der Waals surface area contributed by atoms with E-state index in [1.807, 2.05) is 10.9 Å². The highest BCUT2D eigenvalue weighted by atomic mass is 19.1. The minimum absolute atomic E-state index is 0.243. The Morgan fingerprint density at radius 2 is 2.24 bits per heavy atom. The third-order valence-electron chi connectivity index (χ3n) is 3.52. The summed E-state index contributed by atoms with van der Waals surface area (Å²) >= 11 is 0. The number of nitrogens with one attached hydrogen (secondary N) is 1. The average molecular weight is 289 g/mol. The van der Waals surface area contributed by atoms with Crippen LogP contribution in [-0.2, 0) is 6.54 Å². The quantitative estimate of drug-likeness (QED) is 0.882. The first-order chi connectivity index (χ1) is 10.1. The SMILES string of the molecule is CC(C)n1cc(Oc2ccc(F)cc2CNC2CC2)cn1. The summed E-state index contributed by atoms with van der Waals surface area (Å²) in [5.41, 5.74) is 0.833. The average Bonchev–Trinajstić information content (AvgIpc) is 3.16. The molecule has 5 heteroatoms. The molecular formula is C16H20FN3O. The van der Waals surface area contributed by atoms with Crippen LogP contribution < -0.4 is 10.1 Å². The molecule has 4 nitrogen and oxygen atoms in total. The van der Waals surface area contributed by atoms with Crippen molar-refractivity contribution in [3.63, 3.8) is 0 Å². The van der Waals surface area contributed by atoms with Gasteiger partial charge in [-0.15, -0.1) is 0 Å². The van der Waals surface area contributed by atoms with Crippen LogP contribution in [0.4, 0.5) is 4.39 Å². The van der Waals surface area contributed by atoms with Crippen molar-refractivity contribution in [1.29, 1.82) is 0 Å². The predicted octanol–water partition coefficient (Wildman–Crippen LogP) is 3.65. The first kappa shape index (κ1) is 14.1. The fraction of sp³-hybridized carbons (Fsp3) is 0.438. The van der Waals surface area contributed by atoms with Gasteiger partial charge in [0.25, 0.3) is 0 Å². The van der Waals surface area contributed by atoms with Gasteiger partial charge >= 0.3 is 0 Å². The molecule has 1 aliphatic carbocycles. The van der Waals surface area contributed by atoms with Gasteiger partial charge in [0.1, 0.15) is 11.6 Å². The lowest BCUT2D eigenvalue weighted by atomic mass is 10.2. The van der Waals surface area contributed by atoms with Crippen molar-refractivity contribution >= 4 is 0 Å². The van der Waals surface area contributed by atoms with Crippen LogP contribution in [0.2, 0.25) is 0 Å². The smallest absolute Gasteiger partial charge is 0.165 e. The zero-order valence-corrected chi connectivity index (χ0v) is 12.3. The van der Waals surface area contributed by atoms with Crippen LogP contribution in [0.15, 0.2) is 30.6 Å². The van der Waals surface area contributed by atoms with Crippen molar-refractivity contribution in [2.24, 2.45) is 0 Å². The maximum Gasteiger partial charge on any atom is 0.165 e. The minimum Gasteiger partial charge on any atom is -0.454 e. The van der Waals surface area contributed by atoms with Crippen molar-refractivity contribution in [1.82, 2.24) is 15.1 Å². The number of aromatic nitrogens is 2. The number of nitrogens with zero attached hydrogens (tertiary/aromatic N) is 2. The topological polar surface area (TPSA) is 39.1 Å². The second kappa shape index (κ2) is 5.85. The number of hydrogen-bond acceptors (Lipinski definition) is 3. The van der Waals surface area contributed by atoms with Crippen molar-refractivity contribution in [2.75, 3.05) is 0 Å². The molecule has 1 aliphatic rings. The van der Waals surface area contributed by atoms with Gasteiger partial charge in [0.2, 0.25) is 0 Å². The van der Waals surface area contributed by atoms with Crippen molar-refractivity contribution < 1.29 is 9.13 Å². The molecule has 0 saturated heterocycles. The van der Waals surface area contributed by atoms with Crippen LogP contribution in [0.3, 0.4) is 0 Å². The Morgan fingerprint density at radius 1 is 1.43 bits per heavy atom. The van der Waals surface area contributed by atoms with Gasteiger partial charge < -0.3 is 10.1 Å². The highest BCUT2D eigenvalue weighted by Gasteiger charge is 2.21. The molecule has 112 valence electrons. The van der Waals surface area contributed by atoms with Crippen molar-refractivity contribution in [3.05, 3.63) is 42.0 Å². The summed E-state index contributed by atoms with van der Waals surface area (Å²) in [4.78, 5) is 0. The molecule has 0 amide bonds. The van der Waals surface area contributed by atoms with E-state index in [4.69, 9.17) is 4.74 Å². The molecule has 0 radical (unpaired) electrons. The van der Waals surface area contributed by atoms with E-state index in [9.17, 15) is 4.39 Å². The first-order valence-corrected chi connectivity index (χ1v) is 7.35. The molecule has 1 N–H and O–H groups in total. The van der Waals surface area contributed by atoms with Crippen molar-refractivity contribution in [3.8, 4) is 11.5 Å². The molecule has 1 saturated carbocycles. The Kier molecular flexibility index (Phi) is 3.92. The predicted molar refractivity (Wildman–Crippen MR) is 78.9 cm³/mol. The zero-order chi connectivity index (χ0) is 14.8. The third-order valence-corrected chi connectivity index (χ3v) is 3.52. The molecule has 0 atom stereocenters. The molecule has 0 aliphatic heterocycles. The Labute approximate surface area is 123 Å². The summed E-state index contributed by atoms with van der Waals surface area (Å²) in [7, 11) is 0. The van der Waals surface area contributed by atoms with Crippen LogP contribution in [0.1, 0.15) is 38.3 Å². The third kappa shape index (κ3) is 3.61. The largest absolute Gasteiger partial charge is 0.454 e. The van der Waals surface area contributed by atoms with Crippen molar-refractivity contribution in [2.45, 2.75) is 45.3 Å². The maximum atomic E-state index is 13.4. The Balaban J connectivity index is 1.75. The molecular weight excluding hydrogens is 269 g/mol. The first-order valence-electron chi connectivity index (χ1n) is 7.35. The summed E-state index contributed by atoms with van der Waals surface area (Å²) in [5.74, 6) is 1.10. The normalized spacial score (nSPS) is 14.7. The van der Waals surface area contributed by atoms with Gasteiger partial charge in [0.05, 0.1) is 12.4 Å². The fourth-order valence-corrected chi connectivity index (χ4v) is 2.11. The van der Waals surface area contributed by atoms with Gasteiger partial charge in [-0.1, -0.05) is 0 Å². The minimum atomic E-state index is -0.243. The van der Waals surface area contributed by atoms with Crippen LogP contribution in [-0.4, -0.2) is 15.8 Å². The molecule has 1 aromatic heterocycles. The number of rotatable bonds is 6. The van der Waals surface area contributed by atoms with Gasteiger partial charge in [0.15, 0.2) is 5.75 Å². The Bertz CT molecular complexity index is 620. The molecule has 21 heavy (non-hydrogen) atoms. The molecule has 3 rings (SSSR count). The van der Waals surface area contributed by atoms with Gasteiger partial charge in [-0.3, -0.25) is 4.68 Å². The van der Waals surface area contributed by atoms with E-state index in [1.165, 1.54) is 25.0 Å². The number of halogens is 1. The van der Waals surface area contributed by atoms with Crippen LogP contribution in [0, 0.1) is 5.82 Å². The summed E-state index contributed by atoms with van der Waals surface area (Å²) < 4.78 is 21.1. The van der Waals surface area contributed by atoms with Crippen LogP contribution >= 0.6 is 0 Å². The van der Waals surface area contributed by atoms with E-state index in [1.54, 1.807) is 12.3 Å². The zero-order valence-electron chi connectivity index (χ0n) is 12.3. The Morgan fingerprint density at radius 3 is 2.90 bits per heavy atom. The maximum absolute atomic E-state index is 13.4. The van der Waals surface area contributed by atoms with Gasteiger partial charge in [-0.2, -0.15) is 5.10 Å². The molecule has 0 spiro atoms. The standard InChI is InChI=1S/C16H20FN3O/c1-11(2)20-10-15(9-19-20)21-16-6-3-13(17)7-12(16)8-18-14-4-5-14/h3,6-7,9-11,14,18H,4-5,8H2,1-2H3. The summed E-state index contributed by atoms with van der Waals surface area (Å²) in [6.07, 6.45) is 5.94. The molecule has 2 aromatic rings. The lowest BCUT2D eigenvalue weighted by Crippen LogP contribution is -2.15. The number of ether oxygens (including phenoxy) is 1. The highest BCUT2D eigenvalue weighted by Crippen LogP contribution is 2.27. The second-order valence-electron chi connectivity index (χ2n) is 5.76. The molecule has 0 bridgehead atoms. The second-order valence-corrected chi connectivity index (χ2v) is 5.76. The fourth-order valence-electron chi connectivity index (χ4n) is 2.11. The van der Waals surface area contributed by atoms with E-state index >= 15 is 0 Å².